The lowest BCUT2D eigenvalue weighted by Crippen LogP contribution is -2.43. The number of rotatable bonds is 7. The molecule has 38 heavy (non-hydrogen) atoms. The molecule has 0 N–H and O–H groups in total. The Kier molecular flexibility index (Phi) is 7.15. The van der Waals surface area contributed by atoms with Crippen LogP contribution in [0, 0.1) is 26.2 Å². The second kappa shape index (κ2) is 10.7. The first-order chi connectivity index (χ1) is 18.4. The van der Waals surface area contributed by atoms with Crippen molar-refractivity contribution in [2.24, 2.45) is 5.41 Å². The van der Waals surface area contributed by atoms with Crippen molar-refractivity contribution in [2.75, 3.05) is 0 Å². The Hall–Kier alpha value is -4.18. The molecule has 0 aromatic heterocycles. The van der Waals surface area contributed by atoms with Crippen LogP contribution >= 0.6 is 0 Å². The summed E-state index contributed by atoms with van der Waals surface area (Å²) in [5, 5.41) is 0. The van der Waals surface area contributed by atoms with E-state index in [0.717, 1.165) is 44.5 Å². The molecule has 192 valence electrons. The molecule has 4 nitrogen and oxygen atoms in total. The van der Waals surface area contributed by atoms with Gasteiger partial charge in [-0.2, -0.15) is 0 Å². The van der Waals surface area contributed by atoms with E-state index in [-0.39, 0.29) is 26.1 Å². The highest BCUT2D eigenvalue weighted by atomic mass is 16.6. The average Bonchev–Trinajstić information content (AvgIpc) is 3.38. The molecular formula is C34H32O4. The lowest BCUT2D eigenvalue weighted by molar-refractivity contribution is -0.173. The summed E-state index contributed by atoms with van der Waals surface area (Å²) in [6, 6.07) is 29.3. The van der Waals surface area contributed by atoms with Gasteiger partial charge in [0, 0.05) is 12.8 Å². The minimum atomic E-state index is -1.43. The molecule has 0 fully saturated rings. The fourth-order valence-electron chi connectivity index (χ4n) is 5.58. The minimum Gasteiger partial charge on any atom is -0.460 e. The first-order valence-corrected chi connectivity index (χ1v) is 13.0. The molecule has 0 amide bonds. The Morgan fingerprint density at radius 3 is 1.50 bits per heavy atom. The molecule has 0 bridgehead atoms. The largest absolute Gasteiger partial charge is 0.460 e. The van der Waals surface area contributed by atoms with Crippen molar-refractivity contribution in [2.45, 2.75) is 46.8 Å². The van der Waals surface area contributed by atoms with Crippen LogP contribution < -0.4 is 0 Å². The maximum absolute atomic E-state index is 13.8. The van der Waals surface area contributed by atoms with E-state index >= 15 is 0 Å². The standard InChI is InChI=1S/C34H32O4/c1-23-24(2)31(28-17-11-6-12-18-28)25(3)30-20-34(19-29(23)30,32(35)37-21-26-13-7-4-8-14-26)33(36)38-22-27-15-9-5-10-16-27/h4-18H,19-22H2,1-3H3. The zero-order valence-corrected chi connectivity index (χ0v) is 22.1. The summed E-state index contributed by atoms with van der Waals surface area (Å²) >= 11 is 0. The van der Waals surface area contributed by atoms with Crippen molar-refractivity contribution in [3.63, 3.8) is 0 Å². The molecule has 0 atom stereocenters. The summed E-state index contributed by atoms with van der Waals surface area (Å²) in [6.45, 7) is 6.51. The number of esters is 2. The number of benzene rings is 4. The molecular weight excluding hydrogens is 472 g/mol. The Balaban J connectivity index is 1.51. The Labute approximate surface area is 224 Å². The lowest BCUT2D eigenvalue weighted by Gasteiger charge is -2.25. The number of fused-ring (bicyclic) bond motifs is 1. The van der Waals surface area contributed by atoms with Crippen molar-refractivity contribution in [1.29, 1.82) is 0 Å². The molecule has 0 unspecified atom stereocenters. The maximum Gasteiger partial charge on any atom is 0.324 e. The van der Waals surface area contributed by atoms with Crippen molar-refractivity contribution >= 4 is 11.9 Å². The van der Waals surface area contributed by atoms with Gasteiger partial charge in [-0.15, -0.1) is 0 Å². The first-order valence-electron chi connectivity index (χ1n) is 13.0. The van der Waals surface area contributed by atoms with Crippen LogP contribution in [-0.2, 0) is 45.1 Å². The summed E-state index contributed by atoms with van der Waals surface area (Å²) in [7, 11) is 0. The van der Waals surface area contributed by atoms with E-state index in [2.05, 4.69) is 32.9 Å². The molecule has 0 saturated carbocycles. The highest BCUT2D eigenvalue weighted by Gasteiger charge is 2.54. The second-order valence-electron chi connectivity index (χ2n) is 10.1. The average molecular weight is 505 g/mol. The normalized spacial score (nSPS) is 13.6. The summed E-state index contributed by atoms with van der Waals surface area (Å²) < 4.78 is 11.6. The topological polar surface area (TPSA) is 52.6 Å². The summed E-state index contributed by atoms with van der Waals surface area (Å²) in [5.74, 6) is -1.07. The van der Waals surface area contributed by atoms with E-state index < -0.39 is 17.4 Å². The fraction of sp³-hybridized carbons (Fsp3) is 0.235. The van der Waals surface area contributed by atoms with Gasteiger partial charge < -0.3 is 9.47 Å². The van der Waals surface area contributed by atoms with Gasteiger partial charge in [0.05, 0.1) is 0 Å². The van der Waals surface area contributed by atoms with Gasteiger partial charge in [-0.05, 0) is 70.8 Å². The van der Waals surface area contributed by atoms with Crippen molar-refractivity contribution < 1.29 is 19.1 Å². The summed E-state index contributed by atoms with van der Waals surface area (Å²) in [4.78, 5) is 27.6. The van der Waals surface area contributed by atoms with Crippen LogP contribution in [-0.4, -0.2) is 11.9 Å². The van der Waals surface area contributed by atoms with Gasteiger partial charge in [-0.25, -0.2) is 0 Å². The van der Waals surface area contributed by atoms with Crippen molar-refractivity contribution in [1.82, 2.24) is 0 Å². The Bertz CT molecular complexity index is 1400. The van der Waals surface area contributed by atoms with E-state index in [1.165, 1.54) is 5.56 Å². The van der Waals surface area contributed by atoms with Gasteiger partial charge in [-0.3, -0.25) is 9.59 Å². The first kappa shape index (κ1) is 25.5. The quantitative estimate of drug-likeness (QED) is 0.204. The third kappa shape index (κ3) is 4.74. The lowest BCUT2D eigenvalue weighted by atomic mass is 9.84. The number of carbonyl (C=O) groups excluding carboxylic acids is 2. The summed E-state index contributed by atoms with van der Waals surface area (Å²) in [5.41, 5.74) is 8.07. The highest BCUT2D eigenvalue weighted by Crippen LogP contribution is 2.46. The van der Waals surface area contributed by atoms with E-state index in [0.29, 0.717) is 0 Å². The predicted octanol–water partition coefficient (Wildman–Crippen LogP) is 6.85. The van der Waals surface area contributed by atoms with Crippen molar-refractivity contribution in [3.8, 4) is 11.1 Å². The molecule has 1 aliphatic rings. The van der Waals surface area contributed by atoms with E-state index in [4.69, 9.17) is 9.47 Å². The maximum atomic E-state index is 13.8. The van der Waals surface area contributed by atoms with Gasteiger partial charge in [0.15, 0.2) is 5.41 Å². The third-order valence-corrected chi connectivity index (χ3v) is 7.81. The van der Waals surface area contributed by atoms with Crippen LogP contribution in [0.1, 0.15) is 38.9 Å². The number of ether oxygens (including phenoxy) is 2. The second-order valence-corrected chi connectivity index (χ2v) is 10.1. The van der Waals surface area contributed by atoms with Gasteiger partial charge >= 0.3 is 11.9 Å². The fourth-order valence-corrected chi connectivity index (χ4v) is 5.58. The molecule has 0 saturated heterocycles. The molecule has 1 aliphatic carbocycles. The van der Waals surface area contributed by atoms with E-state index in [1.54, 1.807) is 0 Å². The van der Waals surface area contributed by atoms with Crippen LogP contribution in [0.2, 0.25) is 0 Å². The summed E-state index contributed by atoms with van der Waals surface area (Å²) in [6.07, 6.45) is 0.530. The number of hydrogen-bond acceptors (Lipinski definition) is 4. The zero-order chi connectivity index (χ0) is 26.7. The minimum absolute atomic E-state index is 0.107. The molecule has 4 aromatic carbocycles. The SMILES string of the molecule is Cc1c(C)c(-c2ccccc2)c(C)c2c1CC(C(=O)OCc1ccccc1)(C(=O)OCc1ccccc1)C2. The van der Waals surface area contributed by atoms with Crippen LogP contribution in [0.3, 0.4) is 0 Å². The van der Waals surface area contributed by atoms with Crippen LogP contribution in [0.15, 0.2) is 91.0 Å². The molecule has 5 rings (SSSR count). The van der Waals surface area contributed by atoms with Crippen LogP contribution in [0.4, 0.5) is 0 Å². The van der Waals surface area contributed by atoms with E-state index in [1.807, 2.05) is 78.9 Å². The Morgan fingerprint density at radius 1 is 0.605 bits per heavy atom. The Morgan fingerprint density at radius 2 is 1.03 bits per heavy atom. The molecule has 0 aliphatic heterocycles. The highest BCUT2D eigenvalue weighted by molar-refractivity contribution is 6.02. The van der Waals surface area contributed by atoms with Gasteiger partial charge in [-0.1, -0.05) is 91.0 Å². The monoisotopic (exact) mass is 504 g/mol. The van der Waals surface area contributed by atoms with Gasteiger partial charge in [0.1, 0.15) is 13.2 Å². The van der Waals surface area contributed by atoms with Crippen LogP contribution in [0.5, 0.6) is 0 Å². The predicted molar refractivity (Wildman–Crippen MR) is 148 cm³/mol. The molecule has 4 aromatic rings. The van der Waals surface area contributed by atoms with Crippen molar-refractivity contribution in [3.05, 3.63) is 130 Å². The van der Waals surface area contributed by atoms with Crippen LogP contribution in [0.25, 0.3) is 11.1 Å². The molecule has 0 radical (unpaired) electrons. The number of carbonyl (C=O) groups is 2. The third-order valence-electron chi connectivity index (χ3n) is 7.81. The van der Waals surface area contributed by atoms with Gasteiger partial charge in [0.2, 0.25) is 0 Å². The number of hydrogen-bond donors (Lipinski definition) is 0. The van der Waals surface area contributed by atoms with Gasteiger partial charge in [0.25, 0.3) is 0 Å². The zero-order valence-electron chi connectivity index (χ0n) is 22.1. The smallest absolute Gasteiger partial charge is 0.324 e. The van der Waals surface area contributed by atoms with E-state index in [9.17, 15) is 9.59 Å². The molecule has 4 heteroatoms. The molecule has 0 heterocycles. The molecule has 0 spiro atoms.